The summed E-state index contributed by atoms with van der Waals surface area (Å²) in [5.74, 6) is 0. The average Bonchev–Trinajstić information content (AvgIpc) is 2.60. The van der Waals surface area contributed by atoms with Gasteiger partial charge in [0.05, 0.1) is 6.10 Å². The molecule has 0 aliphatic carbocycles. The number of rotatable bonds is 2. The van der Waals surface area contributed by atoms with Crippen molar-refractivity contribution < 1.29 is 9.52 Å². The highest BCUT2D eigenvalue weighted by molar-refractivity contribution is 5.81. The van der Waals surface area contributed by atoms with Crippen LogP contribution in [0.1, 0.15) is 36.0 Å². The van der Waals surface area contributed by atoms with Crippen molar-refractivity contribution in [2.75, 3.05) is 33.2 Å². The summed E-state index contributed by atoms with van der Waals surface area (Å²) in [6.45, 7) is 8.65. The Hall–Kier alpha value is -1.69. The van der Waals surface area contributed by atoms with E-state index in [1.165, 1.54) is 5.56 Å². The predicted molar refractivity (Wildman–Crippen MR) is 107 cm³/mol. The largest absolute Gasteiger partial charge is 0.423 e. The van der Waals surface area contributed by atoms with Crippen LogP contribution in [0.2, 0.25) is 0 Å². The van der Waals surface area contributed by atoms with Crippen molar-refractivity contribution in [3.63, 3.8) is 0 Å². The second-order valence-corrected chi connectivity index (χ2v) is 8.74. The number of likely N-dealkylation sites (tertiary alicyclic amines) is 2. The Labute approximate surface area is 160 Å². The molecule has 1 spiro atoms. The molecule has 0 saturated carbocycles. The fourth-order valence-electron chi connectivity index (χ4n) is 5.02. The third-order valence-electron chi connectivity index (χ3n) is 6.60. The van der Waals surface area contributed by atoms with Crippen LogP contribution in [0.15, 0.2) is 27.4 Å². The maximum atomic E-state index is 12.1. The third kappa shape index (κ3) is 3.56. The zero-order valence-corrected chi connectivity index (χ0v) is 16.6. The van der Waals surface area contributed by atoms with Crippen LogP contribution in [-0.2, 0) is 6.54 Å². The Morgan fingerprint density at radius 3 is 2.78 bits per heavy atom. The number of hydrogen-bond donors (Lipinski definition) is 1. The molecule has 5 nitrogen and oxygen atoms in total. The molecule has 0 bridgehead atoms. The molecule has 146 valence electrons. The molecule has 1 aromatic carbocycles. The van der Waals surface area contributed by atoms with Gasteiger partial charge in [0.25, 0.3) is 0 Å². The quantitative estimate of drug-likeness (QED) is 0.824. The highest BCUT2D eigenvalue weighted by Crippen LogP contribution is 2.39. The molecule has 2 aromatic rings. The van der Waals surface area contributed by atoms with Crippen molar-refractivity contribution in [3.05, 3.63) is 45.3 Å². The van der Waals surface area contributed by atoms with Gasteiger partial charge in [0.1, 0.15) is 5.58 Å². The Morgan fingerprint density at radius 2 is 1.96 bits per heavy atom. The zero-order chi connectivity index (χ0) is 19.2. The first-order valence-electron chi connectivity index (χ1n) is 9.99. The number of fused-ring (bicyclic) bond motifs is 1. The number of nitrogens with zero attached hydrogens (tertiary/aromatic N) is 2. The second-order valence-electron chi connectivity index (χ2n) is 8.74. The molecule has 0 amide bonds. The smallest absolute Gasteiger partial charge is 0.336 e. The molecule has 4 rings (SSSR count). The van der Waals surface area contributed by atoms with E-state index < -0.39 is 0 Å². The summed E-state index contributed by atoms with van der Waals surface area (Å²) in [4.78, 5) is 16.9. The van der Waals surface area contributed by atoms with Gasteiger partial charge in [-0.3, -0.25) is 4.90 Å². The van der Waals surface area contributed by atoms with Crippen LogP contribution in [0.3, 0.4) is 0 Å². The highest BCUT2D eigenvalue weighted by Gasteiger charge is 2.44. The molecule has 2 aliphatic rings. The standard InChI is InChI=1S/C22H30N2O3/c1-15-9-18-17(11-21(26)27-19(18)10-16(15)2)12-24-7-4-6-22(14-24)13-23(3)8-5-20(22)25/h9-11,20,25H,4-8,12-14H2,1-3H3/t20-,22-/m0/s1. The van der Waals surface area contributed by atoms with Crippen molar-refractivity contribution >= 4 is 11.0 Å². The Bertz CT molecular complexity index is 906. The molecule has 1 aromatic heterocycles. The van der Waals surface area contributed by atoms with E-state index in [0.29, 0.717) is 5.58 Å². The van der Waals surface area contributed by atoms with Gasteiger partial charge in [0.2, 0.25) is 0 Å². The van der Waals surface area contributed by atoms with E-state index in [1.54, 1.807) is 6.07 Å². The maximum Gasteiger partial charge on any atom is 0.336 e. The van der Waals surface area contributed by atoms with Crippen LogP contribution in [0.5, 0.6) is 0 Å². The fourth-order valence-corrected chi connectivity index (χ4v) is 5.02. The average molecular weight is 370 g/mol. The van der Waals surface area contributed by atoms with Crippen LogP contribution < -0.4 is 5.63 Å². The van der Waals surface area contributed by atoms with Crippen LogP contribution in [0.25, 0.3) is 11.0 Å². The molecule has 3 heterocycles. The van der Waals surface area contributed by atoms with E-state index in [-0.39, 0.29) is 17.1 Å². The van der Waals surface area contributed by atoms with Crippen molar-refractivity contribution in [1.82, 2.24) is 9.80 Å². The first-order valence-corrected chi connectivity index (χ1v) is 9.99. The molecule has 27 heavy (non-hydrogen) atoms. The van der Waals surface area contributed by atoms with Gasteiger partial charge >= 0.3 is 5.63 Å². The molecule has 0 unspecified atom stereocenters. The van der Waals surface area contributed by atoms with Gasteiger partial charge in [-0.1, -0.05) is 0 Å². The molecular weight excluding hydrogens is 340 g/mol. The minimum atomic E-state index is -0.287. The number of aliphatic hydroxyl groups excluding tert-OH is 1. The summed E-state index contributed by atoms with van der Waals surface area (Å²) < 4.78 is 5.45. The lowest BCUT2D eigenvalue weighted by Crippen LogP contribution is -2.58. The van der Waals surface area contributed by atoms with Crippen LogP contribution in [0, 0.1) is 19.3 Å². The molecule has 5 heteroatoms. The number of piperidine rings is 2. The Balaban J connectivity index is 1.64. The fraction of sp³-hybridized carbons (Fsp3) is 0.591. The normalized spacial score (nSPS) is 27.5. The summed E-state index contributed by atoms with van der Waals surface area (Å²) in [7, 11) is 2.15. The maximum absolute atomic E-state index is 12.1. The van der Waals surface area contributed by atoms with E-state index in [0.717, 1.165) is 68.5 Å². The van der Waals surface area contributed by atoms with Crippen molar-refractivity contribution in [2.45, 2.75) is 45.8 Å². The lowest BCUT2D eigenvalue weighted by Gasteiger charge is -2.50. The van der Waals surface area contributed by atoms with E-state index in [2.05, 4.69) is 29.8 Å². The van der Waals surface area contributed by atoms with Gasteiger partial charge in [-0.2, -0.15) is 0 Å². The minimum Gasteiger partial charge on any atom is -0.423 e. The van der Waals surface area contributed by atoms with E-state index in [4.69, 9.17) is 4.42 Å². The molecule has 0 radical (unpaired) electrons. The van der Waals surface area contributed by atoms with Gasteiger partial charge in [-0.05, 0) is 75.5 Å². The van der Waals surface area contributed by atoms with E-state index in [1.807, 2.05) is 13.0 Å². The molecule has 2 fully saturated rings. The van der Waals surface area contributed by atoms with Crippen LogP contribution >= 0.6 is 0 Å². The van der Waals surface area contributed by atoms with Gasteiger partial charge in [0, 0.05) is 43.0 Å². The number of benzene rings is 1. The molecular formula is C22H30N2O3. The molecule has 2 saturated heterocycles. The summed E-state index contributed by atoms with van der Waals surface area (Å²) in [5, 5.41) is 11.8. The second kappa shape index (κ2) is 7.04. The zero-order valence-electron chi connectivity index (χ0n) is 16.6. The topological polar surface area (TPSA) is 56.9 Å². The lowest BCUT2D eigenvalue weighted by atomic mass is 9.71. The lowest BCUT2D eigenvalue weighted by molar-refractivity contribution is -0.0807. The van der Waals surface area contributed by atoms with Crippen molar-refractivity contribution in [2.24, 2.45) is 5.41 Å². The first kappa shape index (κ1) is 18.7. The van der Waals surface area contributed by atoms with E-state index in [9.17, 15) is 9.90 Å². The molecule has 2 aliphatic heterocycles. The number of aliphatic hydroxyl groups is 1. The van der Waals surface area contributed by atoms with Crippen molar-refractivity contribution in [1.29, 1.82) is 0 Å². The summed E-state index contributed by atoms with van der Waals surface area (Å²) in [6, 6.07) is 5.74. The summed E-state index contributed by atoms with van der Waals surface area (Å²) >= 11 is 0. The van der Waals surface area contributed by atoms with Gasteiger partial charge in [-0.25, -0.2) is 4.79 Å². The monoisotopic (exact) mass is 370 g/mol. The van der Waals surface area contributed by atoms with Crippen molar-refractivity contribution in [3.8, 4) is 0 Å². The first-order chi connectivity index (χ1) is 12.9. The van der Waals surface area contributed by atoms with Gasteiger partial charge < -0.3 is 14.4 Å². The van der Waals surface area contributed by atoms with Gasteiger partial charge in [-0.15, -0.1) is 0 Å². The Kier molecular flexibility index (Phi) is 4.87. The summed E-state index contributed by atoms with van der Waals surface area (Å²) in [5.41, 5.74) is 3.70. The SMILES string of the molecule is Cc1cc2oc(=O)cc(CN3CCC[C@]4(CN(C)CC[C@@H]4O)C3)c2cc1C. The number of hydrogen-bond acceptors (Lipinski definition) is 5. The van der Waals surface area contributed by atoms with Crippen LogP contribution in [-0.4, -0.2) is 54.2 Å². The van der Waals surface area contributed by atoms with Gasteiger partial charge in [0.15, 0.2) is 0 Å². The van der Waals surface area contributed by atoms with Crippen LogP contribution in [0.4, 0.5) is 0 Å². The molecule has 1 N–H and O–H groups in total. The highest BCUT2D eigenvalue weighted by atomic mass is 16.4. The van der Waals surface area contributed by atoms with E-state index >= 15 is 0 Å². The predicted octanol–water partition coefficient (Wildman–Crippen LogP) is 2.69. The Morgan fingerprint density at radius 1 is 1.19 bits per heavy atom. The molecule has 2 atom stereocenters. The summed E-state index contributed by atoms with van der Waals surface area (Å²) in [6.07, 6.45) is 2.77. The minimum absolute atomic E-state index is 0.0486. The third-order valence-corrected chi connectivity index (χ3v) is 6.60. The number of aryl methyl sites for hydroxylation is 2.